The summed E-state index contributed by atoms with van der Waals surface area (Å²) in [4.78, 5) is 26.4. The smallest absolute Gasteiger partial charge is 0.273 e. The van der Waals surface area contributed by atoms with Crippen LogP contribution >= 0.6 is 11.6 Å². The molecule has 1 N–H and O–H groups in total. The molecule has 2 aromatic carbocycles. The molecule has 2 rings (SSSR count). The predicted octanol–water partition coefficient (Wildman–Crippen LogP) is 4.51. The molecule has 0 saturated carbocycles. The second-order valence-corrected chi connectivity index (χ2v) is 7.87. The molecule has 156 valence electrons. The minimum absolute atomic E-state index is 0.239. The lowest BCUT2D eigenvalue weighted by atomic mass is 10.0. The predicted molar refractivity (Wildman–Crippen MR) is 114 cm³/mol. The summed E-state index contributed by atoms with van der Waals surface area (Å²) in [5, 5.41) is 1.72. The van der Waals surface area contributed by atoms with Gasteiger partial charge in [0.05, 0.1) is 25.3 Å². The molecule has 2 aromatic rings. The summed E-state index contributed by atoms with van der Waals surface area (Å²) in [6, 6.07) is 10.0. The molecule has 0 aliphatic rings. The van der Waals surface area contributed by atoms with Gasteiger partial charge in [-0.2, -0.15) is 0 Å². The Labute approximate surface area is 176 Å². The molecule has 0 atom stereocenters. The molecule has 0 unspecified atom stereocenters. The third kappa shape index (κ3) is 5.01. The lowest BCUT2D eigenvalue weighted by Gasteiger charge is -2.36. The zero-order chi connectivity index (χ0) is 21.8. The summed E-state index contributed by atoms with van der Waals surface area (Å²) >= 11 is 6.05. The largest absolute Gasteiger partial charge is 0.496 e. The Bertz CT molecular complexity index is 906. The fraction of sp³-hybridized carbons (Fsp3) is 0.364. The molecule has 0 fully saturated rings. The second kappa shape index (κ2) is 9.18. The van der Waals surface area contributed by atoms with Crippen LogP contribution in [0.5, 0.6) is 11.5 Å². The van der Waals surface area contributed by atoms with E-state index in [0.717, 1.165) is 5.56 Å². The monoisotopic (exact) mass is 418 g/mol. The summed E-state index contributed by atoms with van der Waals surface area (Å²) in [6.07, 6.45) is 0.610. The van der Waals surface area contributed by atoms with Crippen molar-refractivity contribution in [3.8, 4) is 11.5 Å². The van der Waals surface area contributed by atoms with E-state index in [1.807, 2.05) is 33.8 Å². The van der Waals surface area contributed by atoms with Crippen molar-refractivity contribution in [3.05, 3.63) is 58.1 Å². The molecule has 0 aliphatic heterocycles. The number of halogens is 1. The molecule has 0 aliphatic carbocycles. The molecule has 0 saturated heterocycles. The number of benzene rings is 2. The first-order valence-electron chi connectivity index (χ1n) is 9.29. The van der Waals surface area contributed by atoms with Gasteiger partial charge < -0.3 is 9.47 Å². The van der Waals surface area contributed by atoms with Crippen LogP contribution in [0.4, 0.5) is 0 Å². The van der Waals surface area contributed by atoms with E-state index in [-0.39, 0.29) is 11.5 Å². The van der Waals surface area contributed by atoms with E-state index in [1.54, 1.807) is 31.4 Å². The molecule has 29 heavy (non-hydrogen) atoms. The first kappa shape index (κ1) is 22.6. The highest BCUT2D eigenvalue weighted by Crippen LogP contribution is 2.27. The van der Waals surface area contributed by atoms with Crippen molar-refractivity contribution in [1.29, 1.82) is 0 Å². The Morgan fingerprint density at radius 3 is 2.24 bits per heavy atom. The van der Waals surface area contributed by atoms with Crippen molar-refractivity contribution in [2.45, 2.75) is 39.7 Å². The Morgan fingerprint density at radius 1 is 1.03 bits per heavy atom. The fourth-order valence-corrected chi connectivity index (χ4v) is 3.16. The first-order chi connectivity index (χ1) is 13.6. The molecule has 0 radical (unpaired) electrons. The van der Waals surface area contributed by atoms with Crippen LogP contribution in [-0.4, -0.2) is 36.6 Å². The number of rotatable bonds is 5. The fourth-order valence-electron chi connectivity index (χ4n) is 2.98. The van der Waals surface area contributed by atoms with Crippen molar-refractivity contribution in [2.75, 3.05) is 14.2 Å². The number of methoxy groups -OCH3 is 2. The molecule has 6 nitrogen and oxygen atoms in total. The molecule has 0 bridgehead atoms. The van der Waals surface area contributed by atoms with Gasteiger partial charge in [0, 0.05) is 16.1 Å². The molecule has 2 amide bonds. The number of hydrogen-bond donors (Lipinski definition) is 1. The van der Waals surface area contributed by atoms with E-state index in [1.165, 1.54) is 18.2 Å². The van der Waals surface area contributed by atoms with Crippen LogP contribution in [0.2, 0.25) is 5.02 Å². The van der Waals surface area contributed by atoms with Crippen molar-refractivity contribution >= 4 is 23.4 Å². The number of nitrogens with zero attached hydrogens (tertiary/aromatic N) is 1. The summed E-state index contributed by atoms with van der Waals surface area (Å²) in [7, 11) is 3.04. The lowest BCUT2D eigenvalue weighted by Crippen LogP contribution is -2.56. The highest BCUT2D eigenvalue weighted by Gasteiger charge is 2.32. The van der Waals surface area contributed by atoms with Crippen LogP contribution in [0.25, 0.3) is 0 Å². The Kier molecular flexibility index (Phi) is 7.14. The molecule has 0 spiro atoms. The highest BCUT2D eigenvalue weighted by molar-refractivity contribution is 6.31. The second-order valence-electron chi connectivity index (χ2n) is 7.44. The average Bonchev–Trinajstić information content (AvgIpc) is 2.69. The SMILES string of the molecule is CCc1c(OC)cccc1C(=O)N(NC(=O)c1cc(Cl)ccc1OC)C(C)(C)C. The highest BCUT2D eigenvalue weighted by atomic mass is 35.5. The average molecular weight is 419 g/mol. The number of amides is 2. The van der Waals surface area contributed by atoms with Crippen molar-refractivity contribution in [3.63, 3.8) is 0 Å². The van der Waals surface area contributed by atoms with Gasteiger partial charge in [0.1, 0.15) is 11.5 Å². The van der Waals surface area contributed by atoms with Crippen LogP contribution in [-0.2, 0) is 6.42 Å². The maximum Gasteiger partial charge on any atom is 0.273 e. The third-order valence-electron chi connectivity index (χ3n) is 4.43. The van der Waals surface area contributed by atoms with Gasteiger partial charge in [-0.3, -0.25) is 15.0 Å². The third-order valence-corrected chi connectivity index (χ3v) is 4.67. The minimum atomic E-state index is -0.688. The van der Waals surface area contributed by atoms with Crippen molar-refractivity contribution in [2.24, 2.45) is 0 Å². The van der Waals surface area contributed by atoms with E-state index in [0.29, 0.717) is 28.5 Å². The number of nitrogens with one attached hydrogen (secondary N) is 1. The van der Waals surface area contributed by atoms with Crippen LogP contribution in [0.15, 0.2) is 36.4 Å². The van der Waals surface area contributed by atoms with Gasteiger partial charge in [0.2, 0.25) is 0 Å². The van der Waals surface area contributed by atoms with Crippen LogP contribution < -0.4 is 14.9 Å². The van der Waals surface area contributed by atoms with Gasteiger partial charge in [0.15, 0.2) is 0 Å². The van der Waals surface area contributed by atoms with Crippen molar-refractivity contribution < 1.29 is 19.1 Å². The molecular formula is C22H27ClN2O4. The number of hydrogen-bond acceptors (Lipinski definition) is 4. The minimum Gasteiger partial charge on any atom is -0.496 e. The van der Waals surface area contributed by atoms with Gasteiger partial charge in [-0.25, -0.2) is 5.01 Å². The maximum absolute atomic E-state index is 13.4. The normalized spacial score (nSPS) is 11.0. The summed E-state index contributed by atoms with van der Waals surface area (Å²) < 4.78 is 10.7. The quantitative estimate of drug-likeness (QED) is 0.725. The van der Waals surface area contributed by atoms with Crippen LogP contribution in [0.3, 0.4) is 0 Å². The Morgan fingerprint density at radius 2 is 1.69 bits per heavy atom. The Balaban J connectivity index is 2.45. The summed E-state index contributed by atoms with van der Waals surface area (Å²) in [5.74, 6) is 0.176. The standard InChI is InChI=1S/C22H27ClN2O4/c1-7-15-16(9-8-10-18(15)28-5)21(27)25(22(2,3)4)24-20(26)17-13-14(23)11-12-19(17)29-6/h8-13H,7H2,1-6H3,(H,24,26). The van der Waals surface area contributed by atoms with Gasteiger partial charge in [0.25, 0.3) is 11.8 Å². The zero-order valence-electron chi connectivity index (χ0n) is 17.6. The number of carbonyl (C=O) groups excluding carboxylic acids is 2. The summed E-state index contributed by atoms with van der Waals surface area (Å²) in [6.45, 7) is 7.47. The first-order valence-corrected chi connectivity index (χ1v) is 9.66. The van der Waals surface area contributed by atoms with Crippen LogP contribution in [0.1, 0.15) is 54.0 Å². The van der Waals surface area contributed by atoms with E-state index in [4.69, 9.17) is 21.1 Å². The zero-order valence-corrected chi connectivity index (χ0v) is 18.4. The maximum atomic E-state index is 13.4. The van der Waals surface area contributed by atoms with Gasteiger partial charge in [-0.15, -0.1) is 0 Å². The van der Waals surface area contributed by atoms with Crippen molar-refractivity contribution in [1.82, 2.24) is 10.4 Å². The lowest BCUT2D eigenvalue weighted by molar-refractivity contribution is 0.0356. The molecule has 0 heterocycles. The van der Waals surface area contributed by atoms with Gasteiger partial charge in [-0.05, 0) is 57.5 Å². The summed E-state index contributed by atoms with van der Waals surface area (Å²) in [5.41, 5.74) is 3.53. The van der Waals surface area contributed by atoms with Gasteiger partial charge >= 0.3 is 0 Å². The molecular weight excluding hydrogens is 392 g/mol. The number of carbonyl (C=O) groups is 2. The number of ether oxygens (including phenoxy) is 2. The van der Waals surface area contributed by atoms with E-state index in [9.17, 15) is 9.59 Å². The van der Waals surface area contributed by atoms with E-state index >= 15 is 0 Å². The Hall–Kier alpha value is -2.73. The van der Waals surface area contributed by atoms with Gasteiger partial charge in [-0.1, -0.05) is 24.6 Å². The molecule has 0 aromatic heterocycles. The van der Waals surface area contributed by atoms with E-state index < -0.39 is 11.4 Å². The topological polar surface area (TPSA) is 67.9 Å². The molecule has 7 heteroatoms. The number of hydrazine groups is 1. The van der Waals surface area contributed by atoms with Crippen LogP contribution in [0, 0.1) is 0 Å². The van der Waals surface area contributed by atoms with E-state index in [2.05, 4.69) is 5.43 Å².